The molecule has 1 atom stereocenters. The van der Waals surface area contributed by atoms with Crippen LogP contribution in [0.1, 0.15) is 12.5 Å². The van der Waals surface area contributed by atoms with Gasteiger partial charge in [-0.15, -0.1) is 12.4 Å². The number of piperazine rings is 1. The number of benzene rings is 1. The van der Waals surface area contributed by atoms with Crippen molar-refractivity contribution < 1.29 is 13.3 Å². The first-order chi connectivity index (χ1) is 9.38. The van der Waals surface area contributed by atoms with Gasteiger partial charge in [0.2, 0.25) is 10.0 Å². The maximum atomic E-state index is 12.3. The summed E-state index contributed by atoms with van der Waals surface area (Å²) < 4.78 is 26.0. The second-order valence-electron chi connectivity index (χ2n) is 4.89. The summed E-state index contributed by atoms with van der Waals surface area (Å²) in [6.45, 7) is 3.49. The van der Waals surface area contributed by atoms with Gasteiger partial charge in [-0.1, -0.05) is 12.1 Å². The average molecular weight is 336 g/mol. The zero-order chi connectivity index (χ0) is 14.8. The van der Waals surface area contributed by atoms with E-state index in [9.17, 15) is 18.5 Å². The molecule has 0 bridgehead atoms. The van der Waals surface area contributed by atoms with E-state index in [0.717, 1.165) is 0 Å². The predicted octanol–water partition coefficient (Wildman–Crippen LogP) is 1.14. The van der Waals surface area contributed by atoms with Crippen molar-refractivity contribution >= 4 is 28.1 Å². The maximum absolute atomic E-state index is 12.3. The van der Waals surface area contributed by atoms with Crippen molar-refractivity contribution in [3.8, 4) is 0 Å². The Balaban J connectivity index is 0.00000220. The van der Waals surface area contributed by atoms with Crippen molar-refractivity contribution in [1.29, 1.82) is 0 Å². The van der Waals surface area contributed by atoms with Crippen LogP contribution in [0.3, 0.4) is 0 Å². The number of nitro benzene ring substituents is 1. The third kappa shape index (κ3) is 4.63. The number of non-ortho nitro benzene ring substituents is 1. The second-order valence-corrected chi connectivity index (χ2v) is 6.86. The number of nitrogens with one attached hydrogen (secondary N) is 1. The van der Waals surface area contributed by atoms with Crippen LogP contribution in [-0.4, -0.2) is 43.3 Å². The Morgan fingerprint density at radius 1 is 1.38 bits per heavy atom. The Morgan fingerprint density at radius 3 is 2.52 bits per heavy atom. The van der Waals surface area contributed by atoms with Crippen molar-refractivity contribution in [3.05, 3.63) is 39.9 Å². The average Bonchev–Trinajstić information content (AvgIpc) is 2.39. The summed E-state index contributed by atoms with van der Waals surface area (Å²) in [5.41, 5.74) is 0.517. The second kappa shape index (κ2) is 7.17. The number of sulfonamides is 1. The van der Waals surface area contributed by atoms with Gasteiger partial charge in [0.1, 0.15) is 0 Å². The molecule has 1 heterocycles. The molecule has 118 valence electrons. The van der Waals surface area contributed by atoms with E-state index in [1.807, 2.05) is 6.92 Å². The SMILES string of the molecule is CC1CN(S(=O)(=O)Cc2ccc([N+](=O)[O-])cc2)CCN1.Cl. The molecular formula is C12H18ClN3O4S. The summed E-state index contributed by atoms with van der Waals surface area (Å²) >= 11 is 0. The standard InChI is InChI=1S/C12H17N3O4S.ClH/c1-10-8-14(7-6-13-10)20(18,19)9-11-2-4-12(5-3-11)15(16)17;/h2-5,10,13H,6-9H2,1H3;1H. The third-order valence-electron chi connectivity index (χ3n) is 3.22. The summed E-state index contributed by atoms with van der Waals surface area (Å²) in [6, 6.07) is 5.76. The minimum atomic E-state index is -3.38. The fourth-order valence-corrected chi connectivity index (χ4v) is 3.78. The van der Waals surface area contributed by atoms with E-state index in [4.69, 9.17) is 0 Å². The number of hydrogen-bond acceptors (Lipinski definition) is 5. The Labute approximate surface area is 129 Å². The fraction of sp³-hybridized carbons (Fsp3) is 0.500. The topological polar surface area (TPSA) is 92.5 Å². The van der Waals surface area contributed by atoms with Crippen LogP contribution in [0.5, 0.6) is 0 Å². The number of halogens is 1. The van der Waals surface area contributed by atoms with Gasteiger partial charge in [0.05, 0.1) is 10.7 Å². The third-order valence-corrected chi connectivity index (χ3v) is 5.04. The van der Waals surface area contributed by atoms with Gasteiger partial charge in [-0.2, -0.15) is 4.31 Å². The van der Waals surface area contributed by atoms with Gasteiger partial charge < -0.3 is 5.32 Å². The lowest BCUT2D eigenvalue weighted by Gasteiger charge is -2.31. The molecule has 1 N–H and O–H groups in total. The largest absolute Gasteiger partial charge is 0.312 e. The summed E-state index contributed by atoms with van der Waals surface area (Å²) in [5, 5.41) is 13.7. The molecule has 0 spiro atoms. The van der Waals surface area contributed by atoms with E-state index in [-0.39, 0.29) is 29.9 Å². The van der Waals surface area contributed by atoms with E-state index in [1.165, 1.54) is 28.6 Å². The van der Waals surface area contributed by atoms with E-state index >= 15 is 0 Å². The van der Waals surface area contributed by atoms with E-state index < -0.39 is 14.9 Å². The minimum Gasteiger partial charge on any atom is -0.312 e. The molecule has 1 aromatic rings. The summed E-state index contributed by atoms with van der Waals surface area (Å²) in [7, 11) is -3.38. The summed E-state index contributed by atoms with van der Waals surface area (Å²) in [6.07, 6.45) is 0. The molecule has 0 radical (unpaired) electrons. The quantitative estimate of drug-likeness (QED) is 0.658. The van der Waals surface area contributed by atoms with Crippen LogP contribution < -0.4 is 5.32 Å². The van der Waals surface area contributed by atoms with Crippen molar-refractivity contribution in [2.24, 2.45) is 0 Å². The molecule has 1 saturated heterocycles. The summed E-state index contributed by atoms with van der Waals surface area (Å²) in [5.74, 6) is -0.127. The van der Waals surface area contributed by atoms with Crippen molar-refractivity contribution in [1.82, 2.24) is 9.62 Å². The molecule has 1 aromatic carbocycles. The molecule has 7 nitrogen and oxygen atoms in total. The lowest BCUT2D eigenvalue weighted by atomic mass is 10.2. The molecule has 21 heavy (non-hydrogen) atoms. The first-order valence-electron chi connectivity index (χ1n) is 6.33. The lowest BCUT2D eigenvalue weighted by Crippen LogP contribution is -2.51. The summed E-state index contributed by atoms with van der Waals surface area (Å²) in [4.78, 5) is 10.0. The smallest absolute Gasteiger partial charge is 0.269 e. The Hall–Kier alpha value is -1.22. The van der Waals surface area contributed by atoms with Crippen LogP contribution in [0, 0.1) is 10.1 Å². The highest BCUT2D eigenvalue weighted by molar-refractivity contribution is 7.88. The molecule has 0 saturated carbocycles. The monoisotopic (exact) mass is 335 g/mol. The van der Waals surface area contributed by atoms with Gasteiger partial charge in [-0.05, 0) is 12.5 Å². The molecule has 1 unspecified atom stereocenters. The first kappa shape index (κ1) is 17.8. The fourth-order valence-electron chi connectivity index (χ4n) is 2.17. The molecule has 0 aromatic heterocycles. The Morgan fingerprint density at radius 2 is 2.00 bits per heavy atom. The highest BCUT2D eigenvalue weighted by Gasteiger charge is 2.26. The van der Waals surface area contributed by atoms with Gasteiger partial charge >= 0.3 is 0 Å². The zero-order valence-corrected chi connectivity index (χ0v) is 13.2. The lowest BCUT2D eigenvalue weighted by molar-refractivity contribution is -0.384. The van der Waals surface area contributed by atoms with Crippen molar-refractivity contribution in [2.45, 2.75) is 18.7 Å². The van der Waals surface area contributed by atoms with E-state index in [2.05, 4.69) is 5.32 Å². The molecular weight excluding hydrogens is 318 g/mol. The molecule has 1 fully saturated rings. The molecule has 9 heteroatoms. The van der Waals surface area contributed by atoms with Gasteiger partial charge in [-0.3, -0.25) is 10.1 Å². The number of rotatable bonds is 4. The minimum absolute atomic E-state index is 0. The van der Waals surface area contributed by atoms with Gasteiger partial charge in [0, 0.05) is 37.8 Å². The molecule has 1 aliphatic heterocycles. The van der Waals surface area contributed by atoms with Gasteiger partial charge in [0.15, 0.2) is 0 Å². The van der Waals surface area contributed by atoms with Crippen LogP contribution in [0.15, 0.2) is 24.3 Å². The zero-order valence-electron chi connectivity index (χ0n) is 11.6. The highest BCUT2D eigenvalue weighted by atomic mass is 35.5. The highest BCUT2D eigenvalue weighted by Crippen LogP contribution is 2.16. The van der Waals surface area contributed by atoms with E-state index in [0.29, 0.717) is 25.2 Å². The van der Waals surface area contributed by atoms with Crippen LogP contribution in [-0.2, 0) is 15.8 Å². The van der Waals surface area contributed by atoms with Crippen molar-refractivity contribution in [2.75, 3.05) is 19.6 Å². The van der Waals surface area contributed by atoms with Gasteiger partial charge in [-0.25, -0.2) is 8.42 Å². The van der Waals surface area contributed by atoms with Crippen molar-refractivity contribution in [3.63, 3.8) is 0 Å². The Bertz CT molecular complexity index is 591. The molecule has 0 amide bonds. The van der Waals surface area contributed by atoms with Gasteiger partial charge in [0.25, 0.3) is 5.69 Å². The maximum Gasteiger partial charge on any atom is 0.269 e. The van der Waals surface area contributed by atoms with E-state index in [1.54, 1.807) is 0 Å². The molecule has 0 aliphatic carbocycles. The number of nitro groups is 1. The normalized spacial score (nSPS) is 19.8. The molecule has 1 aliphatic rings. The van der Waals surface area contributed by atoms with Crippen LogP contribution in [0.2, 0.25) is 0 Å². The number of hydrogen-bond donors (Lipinski definition) is 1. The number of nitrogens with zero attached hydrogens (tertiary/aromatic N) is 2. The van der Waals surface area contributed by atoms with Crippen LogP contribution >= 0.6 is 12.4 Å². The van der Waals surface area contributed by atoms with Crippen LogP contribution in [0.25, 0.3) is 0 Å². The van der Waals surface area contributed by atoms with Crippen LogP contribution in [0.4, 0.5) is 5.69 Å². The Kier molecular flexibility index (Phi) is 6.09. The predicted molar refractivity (Wildman–Crippen MR) is 82.0 cm³/mol. The first-order valence-corrected chi connectivity index (χ1v) is 7.94. The molecule has 2 rings (SSSR count).